The van der Waals surface area contributed by atoms with Crippen molar-refractivity contribution < 1.29 is 13.2 Å². The van der Waals surface area contributed by atoms with Gasteiger partial charge in [-0.15, -0.1) is 0 Å². The van der Waals surface area contributed by atoms with E-state index in [1.54, 1.807) is 0 Å². The molecule has 5 nitrogen and oxygen atoms in total. The first-order valence-electron chi connectivity index (χ1n) is 7.54. The molecule has 0 amide bonds. The molecular weight excluding hydrogens is 288 g/mol. The molecule has 0 unspecified atom stereocenters. The molecule has 6 heteroatoms. The molecule has 1 saturated heterocycles. The molecule has 2 aliphatic rings. The standard InChI is InChI=1S/C15H22N2O3S/c1-2-16-21(18,19)14-5-7-17(11-14)10-12-3-4-15-13(9-12)6-8-20-15/h3-4,9,14,16H,2,5-8,10-11H2,1H3/t14-/m1/s1. The average molecular weight is 310 g/mol. The van der Waals surface area contributed by atoms with E-state index in [1.165, 1.54) is 11.1 Å². The van der Waals surface area contributed by atoms with E-state index in [4.69, 9.17) is 4.74 Å². The Labute approximate surface area is 126 Å². The van der Waals surface area contributed by atoms with Gasteiger partial charge in [0, 0.05) is 26.1 Å². The lowest BCUT2D eigenvalue weighted by atomic mass is 10.1. The van der Waals surface area contributed by atoms with Crippen LogP contribution in [0.3, 0.4) is 0 Å². The number of sulfonamides is 1. The van der Waals surface area contributed by atoms with E-state index in [2.05, 4.69) is 21.8 Å². The van der Waals surface area contributed by atoms with Crippen LogP contribution in [0, 0.1) is 0 Å². The third-order valence-corrected chi connectivity index (χ3v) is 6.13. The number of nitrogens with one attached hydrogen (secondary N) is 1. The lowest BCUT2D eigenvalue weighted by Gasteiger charge is -2.17. The van der Waals surface area contributed by atoms with E-state index in [-0.39, 0.29) is 5.25 Å². The fraction of sp³-hybridized carbons (Fsp3) is 0.600. The van der Waals surface area contributed by atoms with Crippen LogP contribution in [-0.4, -0.2) is 44.8 Å². The number of fused-ring (bicyclic) bond motifs is 1. The Morgan fingerprint density at radius 3 is 3.10 bits per heavy atom. The molecule has 116 valence electrons. The number of ether oxygens (including phenoxy) is 1. The molecule has 1 atom stereocenters. The largest absolute Gasteiger partial charge is 0.493 e. The number of likely N-dealkylation sites (tertiary alicyclic amines) is 1. The summed E-state index contributed by atoms with van der Waals surface area (Å²) in [4.78, 5) is 2.22. The predicted molar refractivity (Wildman–Crippen MR) is 81.9 cm³/mol. The predicted octanol–water partition coefficient (Wildman–Crippen LogP) is 1.14. The van der Waals surface area contributed by atoms with Gasteiger partial charge < -0.3 is 4.74 Å². The highest BCUT2D eigenvalue weighted by atomic mass is 32.2. The molecular formula is C15H22N2O3S. The summed E-state index contributed by atoms with van der Waals surface area (Å²) in [5.41, 5.74) is 2.50. The highest BCUT2D eigenvalue weighted by molar-refractivity contribution is 7.90. The summed E-state index contributed by atoms with van der Waals surface area (Å²) < 4.78 is 32.2. The van der Waals surface area contributed by atoms with Gasteiger partial charge in [0.1, 0.15) is 5.75 Å². The van der Waals surface area contributed by atoms with E-state index < -0.39 is 10.0 Å². The van der Waals surface area contributed by atoms with Crippen molar-refractivity contribution in [2.24, 2.45) is 0 Å². The Kier molecular flexibility index (Phi) is 4.19. The molecule has 0 radical (unpaired) electrons. The minimum atomic E-state index is -3.16. The zero-order valence-corrected chi connectivity index (χ0v) is 13.2. The fourth-order valence-electron chi connectivity index (χ4n) is 3.11. The first-order chi connectivity index (χ1) is 10.1. The Morgan fingerprint density at radius 2 is 2.29 bits per heavy atom. The van der Waals surface area contributed by atoms with Crippen LogP contribution in [0.15, 0.2) is 18.2 Å². The molecule has 0 bridgehead atoms. The van der Waals surface area contributed by atoms with E-state index in [0.717, 1.165) is 31.9 Å². The number of hydrogen-bond acceptors (Lipinski definition) is 4. The van der Waals surface area contributed by atoms with Crippen molar-refractivity contribution in [1.82, 2.24) is 9.62 Å². The summed E-state index contributed by atoms with van der Waals surface area (Å²) in [5.74, 6) is 0.993. The molecule has 2 heterocycles. The molecule has 1 N–H and O–H groups in total. The van der Waals surface area contributed by atoms with E-state index in [9.17, 15) is 8.42 Å². The van der Waals surface area contributed by atoms with E-state index in [0.29, 0.717) is 19.5 Å². The molecule has 0 saturated carbocycles. The number of nitrogens with zero attached hydrogens (tertiary/aromatic N) is 1. The number of hydrogen-bond donors (Lipinski definition) is 1. The molecule has 3 rings (SSSR count). The van der Waals surface area contributed by atoms with Crippen LogP contribution in [0.25, 0.3) is 0 Å². The maximum atomic E-state index is 12.0. The van der Waals surface area contributed by atoms with Gasteiger partial charge in [-0.1, -0.05) is 19.1 Å². The second-order valence-electron chi connectivity index (χ2n) is 5.73. The zero-order valence-electron chi connectivity index (χ0n) is 12.3. The Balaban J connectivity index is 1.62. The van der Waals surface area contributed by atoms with Gasteiger partial charge in [-0.2, -0.15) is 0 Å². The highest BCUT2D eigenvalue weighted by Crippen LogP contribution is 2.27. The summed E-state index contributed by atoms with van der Waals surface area (Å²) in [6.45, 7) is 5.31. The average Bonchev–Trinajstić information content (AvgIpc) is 3.07. The summed E-state index contributed by atoms with van der Waals surface area (Å²) in [7, 11) is -3.16. The first kappa shape index (κ1) is 14.8. The monoisotopic (exact) mass is 310 g/mol. The van der Waals surface area contributed by atoms with Crippen LogP contribution < -0.4 is 9.46 Å². The smallest absolute Gasteiger partial charge is 0.215 e. The lowest BCUT2D eigenvalue weighted by molar-refractivity contribution is 0.331. The fourth-order valence-corrected chi connectivity index (χ4v) is 4.57. The highest BCUT2D eigenvalue weighted by Gasteiger charge is 2.32. The van der Waals surface area contributed by atoms with Crippen molar-refractivity contribution in [2.75, 3.05) is 26.2 Å². The van der Waals surface area contributed by atoms with Crippen LogP contribution in [0.4, 0.5) is 0 Å². The minimum absolute atomic E-state index is 0.282. The summed E-state index contributed by atoms with van der Waals surface area (Å²) in [6.07, 6.45) is 1.68. The Morgan fingerprint density at radius 1 is 1.43 bits per heavy atom. The molecule has 1 fully saturated rings. The van der Waals surface area contributed by atoms with Gasteiger partial charge in [-0.3, -0.25) is 4.90 Å². The quantitative estimate of drug-likeness (QED) is 0.886. The topological polar surface area (TPSA) is 58.6 Å². The minimum Gasteiger partial charge on any atom is -0.493 e. The van der Waals surface area contributed by atoms with Crippen molar-refractivity contribution >= 4 is 10.0 Å². The Bertz CT molecular complexity index is 615. The molecule has 21 heavy (non-hydrogen) atoms. The SMILES string of the molecule is CCNS(=O)(=O)[C@@H]1CCN(Cc2ccc3c(c2)CCO3)C1. The van der Waals surface area contributed by atoms with Crippen LogP contribution in [-0.2, 0) is 23.0 Å². The maximum Gasteiger partial charge on any atom is 0.215 e. The first-order valence-corrected chi connectivity index (χ1v) is 9.08. The van der Waals surface area contributed by atoms with Crippen molar-refractivity contribution in [3.63, 3.8) is 0 Å². The second-order valence-corrected chi connectivity index (χ2v) is 7.77. The van der Waals surface area contributed by atoms with Crippen LogP contribution in [0.5, 0.6) is 5.75 Å². The summed E-state index contributed by atoms with van der Waals surface area (Å²) in [5, 5.41) is -0.282. The summed E-state index contributed by atoms with van der Waals surface area (Å²) in [6, 6.07) is 6.30. The van der Waals surface area contributed by atoms with Crippen molar-refractivity contribution in [1.29, 1.82) is 0 Å². The molecule has 0 aliphatic carbocycles. The zero-order chi connectivity index (χ0) is 14.9. The molecule has 2 aliphatic heterocycles. The normalized spacial score (nSPS) is 22.2. The van der Waals surface area contributed by atoms with Gasteiger partial charge in [-0.05, 0) is 30.2 Å². The number of benzene rings is 1. The summed E-state index contributed by atoms with van der Waals surface area (Å²) >= 11 is 0. The molecule has 0 spiro atoms. The molecule has 0 aromatic heterocycles. The van der Waals surface area contributed by atoms with Crippen molar-refractivity contribution in [3.05, 3.63) is 29.3 Å². The van der Waals surface area contributed by atoms with Gasteiger partial charge in [0.25, 0.3) is 0 Å². The molecule has 1 aromatic carbocycles. The van der Waals surface area contributed by atoms with E-state index in [1.807, 2.05) is 13.0 Å². The van der Waals surface area contributed by atoms with Crippen LogP contribution in [0.2, 0.25) is 0 Å². The third-order valence-electron chi connectivity index (χ3n) is 4.17. The van der Waals surface area contributed by atoms with Gasteiger partial charge in [0.15, 0.2) is 0 Å². The second kappa shape index (κ2) is 5.94. The van der Waals surface area contributed by atoms with Gasteiger partial charge in [-0.25, -0.2) is 13.1 Å². The van der Waals surface area contributed by atoms with Gasteiger partial charge in [0.05, 0.1) is 11.9 Å². The third kappa shape index (κ3) is 3.22. The molecule has 1 aromatic rings. The van der Waals surface area contributed by atoms with Gasteiger partial charge >= 0.3 is 0 Å². The Hall–Kier alpha value is -1.11. The van der Waals surface area contributed by atoms with Crippen molar-refractivity contribution in [2.45, 2.75) is 31.6 Å². The van der Waals surface area contributed by atoms with Crippen LogP contribution >= 0.6 is 0 Å². The lowest BCUT2D eigenvalue weighted by Crippen LogP contribution is -2.36. The van der Waals surface area contributed by atoms with E-state index >= 15 is 0 Å². The number of rotatable bonds is 5. The van der Waals surface area contributed by atoms with Gasteiger partial charge in [0.2, 0.25) is 10.0 Å². The van der Waals surface area contributed by atoms with Crippen LogP contribution in [0.1, 0.15) is 24.5 Å². The maximum absolute atomic E-state index is 12.0. The van der Waals surface area contributed by atoms with Crippen molar-refractivity contribution in [3.8, 4) is 5.75 Å².